The fourth-order valence-electron chi connectivity index (χ4n) is 2.88. The van der Waals surface area contributed by atoms with Crippen molar-refractivity contribution in [2.75, 3.05) is 7.11 Å². The normalized spacial score (nSPS) is 18.7. The number of alkyl halides is 4. The van der Waals surface area contributed by atoms with Crippen LogP contribution in [0.3, 0.4) is 0 Å². The zero-order valence-corrected chi connectivity index (χ0v) is 15.8. The van der Waals surface area contributed by atoms with Gasteiger partial charge in [-0.25, -0.2) is 17.6 Å². The third kappa shape index (κ3) is 4.38. The van der Waals surface area contributed by atoms with Gasteiger partial charge in [-0.05, 0) is 29.8 Å². The van der Waals surface area contributed by atoms with Gasteiger partial charge in [0.05, 0.1) is 7.11 Å². The SMILES string of the molecule is COc1cccc(OCc2cccc(C(=O)N3N=C(C(F)F)CC3(O)C(F)F)c2)c1. The first kappa shape index (κ1) is 21.6. The maximum Gasteiger partial charge on any atom is 0.287 e. The summed E-state index contributed by atoms with van der Waals surface area (Å²) in [7, 11) is 1.51. The number of hydrogen-bond donors (Lipinski definition) is 1. The maximum absolute atomic E-state index is 13.3. The molecular weight excluding hydrogens is 408 g/mol. The zero-order chi connectivity index (χ0) is 21.9. The fourth-order valence-corrected chi connectivity index (χ4v) is 2.88. The van der Waals surface area contributed by atoms with E-state index in [1.54, 1.807) is 30.3 Å². The predicted molar refractivity (Wildman–Crippen MR) is 98.9 cm³/mol. The highest BCUT2D eigenvalue weighted by Crippen LogP contribution is 2.34. The molecule has 1 N–H and O–H groups in total. The van der Waals surface area contributed by atoms with Crippen molar-refractivity contribution in [3.8, 4) is 11.5 Å². The molecule has 0 spiro atoms. The molecule has 30 heavy (non-hydrogen) atoms. The third-order valence-corrected chi connectivity index (χ3v) is 4.45. The zero-order valence-electron chi connectivity index (χ0n) is 15.8. The highest BCUT2D eigenvalue weighted by Gasteiger charge is 2.53. The van der Waals surface area contributed by atoms with Crippen molar-refractivity contribution in [1.29, 1.82) is 0 Å². The highest BCUT2D eigenvalue weighted by atomic mass is 19.3. The molecule has 1 aliphatic heterocycles. The Balaban J connectivity index is 1.79. The van der Waals surface area contributed by atoms with Gasteiger partial charge in [-0.1, -0.05) is 18.2 Å². The molecule has 1 heterocycles. The molecule has 1 amide bonds. The van der Waals surface area contributed by atoms with Crippen molar-refractivity contribution in [2.45, 2.75) is 31.6 Å². The molecule has 2 aromatic rings. The molecule has 0 saturated heterocycles. The Morgan fingerprint density at radius 2 is 1.87 bits per heavy atom. The predicted octanol–water partition coefficient (Wildman–Crippen LogP) is 3.69. The average molecular weight is 426 g/mol. The Morgan fingerprint density at radius 3 is 2.53 bits per heavy atom. The van der Waals surface area contributed by atoms with Crippen molar-refractivity contribution in [2.24, 2.45) is 5.10 Å². The molecule has 0 aromatic heterocycles. The molecule has 6 nitrogen and oxygen atoms in total. The van der Waals surface area contributed by atoms with Crippen molar-refractivity contribution < 1.29 is 36.9 Å². The number of carbonyl (C=O) groups excluding carboxylic acids is 1. The van der Waals surface area contributed by atoms with Crippen LogP contribution >= 0.6 is 0 Å². The number of hydrazone groups is 1. The Kier molecular flexibility index (Phi) is 6.25. The number of carbonyl (C=O) groups is 1. The van der Waals surface area contributed by atoms with Crippen LogP contribution in [-0.4, -0.2) is 47.4 Å². The standard InChI is InChI=1S/C20H18F4N2O4/c1-29-14-6-3-7-15(9-14)30-11-12-4-2-5-13(8-12)18(27)26-20(28,19(23)24)10-16(25-26)17(21)22/h2-9,17,19,28H,10-11H2,1H3. The van der Waals surface area contributed by atoms with E-state index in [2.05, 4.69) is 5.10 Å². The van der Waals surface area contributed by atoms with Gasteiger partial charge in [0.25, 0.3) is 18.8 Å². The van der Waals surface area contributed by atoms with E-state index in [-0.39, 0.29) is 17.2 Å². The average Bonchev–Trinajstić information content (AvgIpc) is 3.11. The van der Waals surface area contributed by atoms with Crippen LogP contribution in [0.15, 0.2) is 53.6 Å². The van der Waals surface area contributed by atoms with Gasteiger partial charge >= 0.3 is 0 Å². The Hall–Kier alpha value is -3.14. The second kappa shape index (κ2) is 8.70. The van der Waals surface area contributed by atoms with Crippen LogP contribution < -0.4 is 9.47 Å². The molecule has 0 saturated carbocycles. The lowest BCUT2D eigenvalue weighted by Crippen LogP contribution is -2.51. The summed E-state index contributed by atoms with van der Waals surface area (Å²) in [5.74, 6) is -0.0370. The minimum Gasteiger partial charge on any atom is -0.497 e. The van der Waals surface area contributed by atoms with E-state index >= 15 is 0 Å². The van der Waals surface area contributed by atoms with Gasteiger partial charge < -0.3 is 14.6 Å². The number of methoxy groups -OCH3 is 1. The van der Waals surface area contributed by atoms with Crippen LogP contribution in [0.5, 0.6) is 11.5 Å². The molecule has 0 radical (unpaired) electrons. The molecule has 0 aliphatic carbocycles. The molecule has 160 valence electrons. The van der Waals surface area contributed by atoms with Crippen LogP contribution in [0.25, 0.3) is 0 Å². The van der Waals surface area contributed by atoms with Gasteiger partial charge in [-0.3, -0.25) is 4.79 Å². The number of halogens is 4. The lowest BCUT2D eigenvalue weighted by atomic mass is 10.1. The molecule has 10 heteroatoms. The Morgan fingerprint density at radius 1 is 1.17 bits per heavy atom. The number of nitrogens with zero attached hydrogens (tertiary/aromatic N) is 2. The monoisotopic (exact) mass is 426 g/mol. The van der Waals surface area contributed by atoms with E-state index in [9.17, 15) is 27.5 Å². The first-order chi connectivity index (χ1) is 14.2. The smallest absolute Gasteiger partial charge is 0.287 e. The van der Waals surface area contributed by atoms with E-state index in [0.717, 1.165) is 0 Å². The molecule has 1 aliphatic rings. The van der Waals surface area contributed by atoms with Crippen molar-refractivity contribution in [3.05, 3.63) is 59.7 Å². The first-order valence-corrected chi connectivity index (χ1v) is 8.81. The van der Waals surface area contributed by atoms with E-state index in [1.165, 1.54) is 25.3 Å². The van der Waals surface area contributed by atoms with E-state index in [4.69, 9.17) is 9.47 Å². The highest BCUT2D eigenvalue weighted by molar-refractivity contribution is 5.99. The van der Waals surface area contributed by atoms with Gasteiger partial charge in [0, 0.05) is 18.1 Å². The van der Waals surface area contributed by atoms with Gasteiger partial charge in [-0.15, -0.1) is 0 Å². The van der Waals surface area contributed by atoms with Crippen LogP contribution in [0, 0.1) is 0 Å². The van der Waals surface area contributed by atoms with Crippen molar-refractivity contribution >= 4 is 11.6 Å². The lowest BCUT2D eigenvalue weighted by Gasteiger charge is -2.30. The van der Waals surface area contributed by atoms with E-state index < -0.39 is 36.6 Å². The number of ether oxygens (including phenoxy) is 2. The summed E-state index contributed by atoms with van der Waals surface area (Å²) in [6.45, 7) is 0.0406. The second-order valence-corrected chi connectivity index (χ2v) is 6.53. The summed E-state index contributed by atoms with van der Waals surface area (Å²) < 4.78 is 63.2. The van der Waals surface area contributed by atoms with E-state index in [0.29, 0.717) is 17.1 Å². The lowest BCUT2D eigenvalue weighted by molar-refractivity contribution is -0.164. The first-order valence-electron chi connectivity index (χ1n) is 8.81. The van der Waals surface area contributed by atoms with Gasteiger partial charge in [0.1, 0.15) is 23.8 Å². The number of rotatable bonds is 7. The van der Waals surface area contributed by atoms with Crippen LogP contribution in [0.1, 0.15) is 22.3 Å². The molecule has 1 atom stereocenters. The summed E-state index contributed by atoms with van der Waals surface area (Å²) in [5, 5.41) is 13.4. The molecule has 3 rings (SSSR count). The Labute approximate surface area is 169 Å². The summed E-state index contributed by atoms with van der Waals surface area (Å²) in [6, 6.07) is 12.6. The number of hydrogen-bond acceptors (Lipinski definition) is 5. The summed E-state index contributed by atoms with van der Waals surface area (Å²) in [5.41, 5.74) is -3.71. The topological polar surface area (TPSA) is 71.4 Å². The number of amides is 1. The van der Waals surface area contributed by atoms with Crippen molar-refractivity contribution in [1.82, 2.24) is 5.01 Å². The molecule has 0 bridgehead atoms. The van der Waals surface area contributed by atoms with Gasteiger partial charge in [0.15, 0.2) is 0 Å². The van der Waals surface area contributed by atoms with Crippen LogP contribution in [0.2, 0.25) is 0 Å². The van der Waals surface area contributed by atoms with E-state index in [1.807, 2.05) is 0 Å². The van der Waals surface area contributed by atoms with Crippen molar-refractivity contribution in [3.63, 3.8) is 0 Å². The number of aliphatic hydroxyl groups is 1. The Bertz CT molecular complexity index is 954. The van der Waals surface area contributed by atoms with Crippen LogP contribution in [0.4, 0.5) is 17.6 Å². The quantitative estimate of drug-likeness (QED) is 0.686. The maximum atomic E-state index is 13.3. The van der Waals surface area contributed by atoms with Gasteiger partial charge in [-0.2, -0.15) is 10.1 Å². The molecular formula is C20H18F4N2O4. The summed E-state index contributed by atoms with van der Waals surface area (Å²) in [4.78, 5) is 12.7. The third-order valence-electron chi connectivity index (χ3n) is 4.45. The minimum atomic E-state index is -3.49. The fraction of sp³-hybridized carbons (Fsp3) is 0.300. The molecule has 0 fully saturated rings. The van der Waals surface area contributed by atoms with Gasteiger partial charge in [0.2, 0.25) is 5.72 Å². The van der Waals surface area contributed by atoms with Crippen LogP contribution in [-0.2, 0) is 6.61 Å². The molecule has 1 unspecified atom stereocenters. The minimum absolute atomic E-state index is 0.0290. The summed E-state index contributed by atoms with van der Waals surface area (Å²) >= 11 is 0. The second-order valence-electron chi connectivity index (χ2n) is 6.53. The largest absolute Gasteiger partial charge is 0.497 e. The molecule has 2 aromatic carbocycles. The summed E-state index contributed by atoms with van der Waals surface area (Å²) in [6.07, 6.45) is -7.79. The number of benzene rings is 2.